The van der Waals surface area contributed by atoms with Crippen molar-refractivity contribution in [3.8, 4) is 11.4 Å². The molecule has 0 spiro atoms. The van der Waals surface area contributed by atoms with Crippen molar-refractivity contribution >= 4 is 15.9 Å². The molecule has 2 rings (SSSR count). The highest BCUT2D eigenvalue weighted by molar-refractivity contribution is 9.08. The molecule has 0 fully saturated rings. The number of pyridine rings is 1. The van der Waals surface area contributed by atoms with Gasteiger partial charge >= 0.3 is 0 Å². The summed E-state index contributed by atoms with van der Waals surface area (Å²) in [6, 6.07) is 7.76. The van der Waals surface area contributed by atoms with Crippen molar-refractivity contribution in [3.63, 3.8) is 0 Å². The van der Waals surface area contributed by atoms with Crippen LogP contribution < -0.4 is 0 Å². The highest BCUT2D eigenvalue weighted by Gasteiger charge is 2.02. The van der Waals surface area contributed by atoms with Crippen LogP contribution in [0.4, 0.5) is 0 Å². The van der Waals surface area contributed by atoms with Crippen LogP contribution in [0.15, 0.2) is 30.5 Å². The quantitative estimate of drug-likeness (QED) is 0.816. The van der Waals surface area contributed by atoms with Gasteiger partial charge in [0.25, 0.3) is 0 Å². The third-order valence-electron chi connectivity index (χ3n) is 1.70. The van der Waals surface area contributed by atoms with Crippen LogP contribution in [-0.2, 0) is 5.33 Å². The van der Waals surface area contributed by atoms with Crippen molar-refractivity contribution in [3.05, 3.63) is 36.2 Å². The van der Waals surface area contributed by atoms with Crippen molar-refractivity contribution in [2.75, 3.05) is 0 Å². The molecule has 0 unspecified atom stereocenters. The summed E-state index contributed by atoms with van der Waals surface area (Å²) < 4.78 is 0. The third-order valence-corrected chi connectivity index (χ3v) is 2.31. The maximum Gasteiger partial charge on any atom is 0.111 e. The minimum Gasteiger partial charge on any atom is -0.281 e. The van der Waals surface area contributed by atoms with Gasteiger partial charge in [0.2, 0.25) is 0 Å². The molecule has 3 nitrogen and oxygen atoms in total. The summed E-state index contributed by atoms with van der Waals surface area (Å²) in [7, 11) is 0. The Balaban J connectivity index is 2.36. The molecule has 0 saturated heterocycles. The second-order valence-electron chi connectivity index (χ2n) is 2.63. The summed E-state index contributed by atoms with van der Waals surface area (Å²) in [5.74, 6) is 0. The van der Waals surface area contributed by atoms with Gasteiger partial charge < -0.3 is 0 Å². The lowest BCUT2D eigenvalue weighted by atomic mass is 10.2. The number of hydrogen-bond acceptors (Lipinski definition) is 2. The van der Waals surface area contributed by atoms with Crippen molar-refractivity contribution in [2.45, 2.75) is 5.33 Å². The molecule has 0 radical (unpaired) electrons. The third kappa shape index (κ3) is 1.78. The second-order valence-corrected chi connectivity index (χ2v) is 3.19. The molecule has 1 N–H and O–H groups in total. The van der Waals surface area contributed by atoms with Crippen LogP contribution in [0.3, 0.4) is 0 Å². The van der Waals surface area contributed by atoms with Gasteiger partial charge in [-0.15, -0.1) is 0 Å². The largest absolute Gasteiger partial charge is 0.281 e. The van der Waals surface area contributed by atoms with Crippen LogP contribution >= 0.6 is 15.9 Å². The normalized spacial score (nSPS) is 10.2. The van der Waals surface area contributed by atoms with Crippen LogP contribution in [0, 0.1) is 0 Å². The van der Waals surface area contributed by atoms with E-state index in [4.69, 9.17) is 0 Å². The van der Waals surface area contributed by atoms with Gasteiger partial charge in [0.1, 0.15) is 5.69 Å². The molecule has 0 amide bonds. The summed E-state index contributed by atoms with van der Waals surface area (Å²) in [5, 5.41) is 7.84. The van der Waals surface area contributed by atoms with Crippen LogP contribution in [-0.4, -0.2) is 15.2 Å². The number of nitrogens with one attached hydrogen (secondary N) is 1. The average Bonchev–Trinajstić information content (AvgIpc) is 2.67. The van der Waals surface area contributed by atoms with E-state index in [9.17, 15) is 0 Å². The Kier molecular flexibility index (Phi) is 2.40. The average molecular weight is 238 g/mol. The molecule has 4 heteroatoms. The first-order valence-corrected chi connectivity index (χ1v) is 5.04. The lowest BCUT2D eigenvalue weighted by Gasteiger charge is -1.91. The maximum absolute atomic E-state index is 4.20. The summed E-state index contributed by atoms with van der Waals surface area (Å²) in [5.41, 5.74) is 2.83. The molecule has 0 aromatic carbocycles. The molecule has 0 aliphatic carbocycles. The summed E-state index contributed by atoms with van der Waals surface area (Å²) >= 11 is 3.35. The minimum atomic E-state index is 0.785. The van der Waals surface area contributed by atoms with Crippen molar-refractivity contribution in [2.24, 2.45) is 0 Å². The summed E-state index contributed by atoms with van der Waals surface area (Å²) in [6.07, 6.45) is 1.76. The zero-order valence-corrected chi connectivity index (χ0v) is 8.45. The predicted octanol–water partition coefficient (Wildman–Crippen LogP) is 2.37. The number of nitrogens with zero attached hydrogens (tertiary/aromatic N) is 2. The Morgan fingerprint density at radius 1 is 1.31 bits per heavy atom. The fraction of sp³-hybridized carbons (Fsp3) is 0.111. The number of alkyl halides is 1. The lowest BCUT2D eigenvalue weighted by molar-refractivity contribution is 1.04. The summed E-state index contributed by atoms with van der Waals surface area (Å²) in [6.45, 7) is 0. The smallest absolute Gasteiger partial charge is 0.111 e. The number of hydrogen-bond donors (Lipinski definition) is 1. The standard InChI is InChI=1S/C9H8BrN3/c10-6-7-5-9(13-12-7)8-3-1-2-4-11-8/h1-5H,6H2,(H,12,13). The molecular weight excluding hydrogens is 230 g/mol. The van der Waals surface area contributed by atoms with Crippen LogP contribution in [0.2, 0.25) is 0 Å². The van der Waals surface area contributed by atoms with E-state index in [1.54, 1.807) is 6.20 Å². The van der Waals surface area contributed by atoms with E-state index in [2.05, 4.69) is 31.1 Å². The first-order valence-electron chi connectivity index (χ1n) is 3.92. The Bertz CT molecular complexity index is 383. The molecule has 2 aromatic heterocycles. The molecule has 0 aliphatic heterocycles. The van der Waals surface area contributed by atoms with E-state index < -0.39 is 0 Å². The van der Waals surface area contributed by atoms with Crippen LogP contribution in [0.5, 0.6) is 0 Å². The predicted molar refractivity (Wildman–Crippen MR) is 54.4 cm³/mol. The van der Waals surface area contributed by atoms with Gasteiger partial charge in [-0.05, 0) is 18.2 Å². The fourth-order valence-corrected chi connectivity index (χ4v) is 1.36. The van der Waals surface area contributed by atoms with Gasteiger partial charge in [0, 0.05) is 17.2 Å². The number of halogens is 1. The fourth-order valence-electron chi connectivity index (χ4n) is 1.08. The van der Waals surface area contributed by atoms with Gasteiger partial charge in [-0.1, -0.05) is 22.0 Å². The van der Waals surface area contributed by atoms with E-state index in [0.29, 0.717) is 0 Å². The zero-order valence-electron chi connectivity index (χ0n) is 6.87. The van der Waals surface area contributed by atoms with E-state index in [1.807, 2.05) is 24.3 Å². The van der Waals surface area contributed by atoms with E-state index >= 15 is 0 Å². The second kappa shape index (κ2) is 3.70. The Hall–Kier alpha value is -1.16. The summed E-state index contributed by atoms with van der Waals surface area (Å²) in [4.78, 5) is 4.20. The molecule has 2 aromatic rings. The topological polar surface area (TPSA) is 41.6 Å². The lowest BCUT2D eigenvalue weighted by Crippen LogP contribution is -1.80. The minimum absolute atomic E-state index is 0.785. The van der Waals surface area contributed by atoms with Crippen LogP contribution in [0.1, 0.15) is 5.69 Å². The molecule has 2 heterocycles. The molecule has 66 valence electrons. The highest BCUT2D eigenvalue weighted by Crippen LogP contribution is 2.15. The highest BCUT2D eigenvalue weighted by atomic mass is 79.9. The number of aromatic amines is 1. The number of aromatic nitrogens is 3. The van der Waals surface area contributed by atoms with Gasteiger partial charge in [0.05, 0.1) is 5.69 Å². The Labute approximate surface area is 84.3 Å². The number of rotatable bonds is 2. The van der Waals surface area contributed by atoms with Gasteiger partial charge in [-0.25, -0.2) is 0 Å². The van der Waals surface area contributed by atoms with Crippen molar-refractivity contribution < 1.29 is 0 Å². The van der Waals surface area contributed by atoms with Gasteiger partial charge in [-0.3, -0.25) is 10.1 Å². The van der Waals surface area contributed by atoms with E-state index in [-0.39, 0.29) is 0 Å². The maximum atomic E-state index is 4.20. The zero-order chi connectivity index (χ0) is 9.10. The monoisotopic (exact) mass is 237 g/mol. The van der Waals surface area contributed by atoms with Gasteiger partial charge in [-0.2, -0.15) is 5.10 Å². The Morgan fingerprint density at radius 3 is 2.85 bits per heavy atom. The van der Waals surface area contributed by atoms with Crippen molar-refractivity contribution in [1.82, 2.24) is 15.2 Å². The molecule has 0 atom stereocenters. The van der Waals surface area contributed by atoms with E-state index in [0.717, 1.165) is 22.4 Å². The molecule has 0 aliphatic rings. The molecular formula is C9H8BrN3. The molecule has 0 bridgehead atoms. The van der Waals surface area contributed by atoms with Crippen LogP contribution in [0.25, 0.3) is 11.4 Å². The molecule has 13 heavy (non-hydrogen) atoms. The number of H-pyrrole nitrogens is 1. The first-order chi connectivity index (χ1) is 6.40. The molecule has 0 saturated carbocycles. The first kappa shape index (κ1) is 8.44. The SMILES string of the molecule is BrCc1cc(-c2ccccn2)n[nH]1. The van der Waals surface area contributed by atoms with Gasteiger partial charge in [0.15, 0.2) is 0 Å². The van der Waals surface area contributed by atoms with Crippen molar-refractivity contribution in [1.29, 1.82) is 0 Å². The van der Waals surface area contributed by atoms with E-state index in [1.165, 1.54) is 0 Å². The Morgan fingerprint density at radius 2 is 2.23 bits per heavy atom.